The molecule has 0 radical (unpaired) electrons. The number of hydrogen-bond acceptors (Lipinski definition) is 2. The molecule has 0 amide bonds. The summed E-state index contributed by atoms with van der Waals surface area (Å²) in [5.41, 5.74) is 4.27. The lowest BCUT2D eigenvalue weighted by Crippen LogP contribution is -2.01. The molecule has 0 aromatic carbocycles. The normalized spacial score (nSPS) is 13.6. The Hall–Kier alpha value is -1.78. The summed E-state index contributed by atoms with van der Waals surface area (Å²) in [5.74, 6) is -0.910. The van der Waals surface area contributed by atoms with Gasteiger partial charge < -0.3 is 15.2 Å². The number of carboxylic acid groups (broad SMARTS) is 2. The maximum atomic E-state index is 10.5. The highest BCUT2D eigenvalue weighted by Crippen LogP contribution is 2.31. The van der Waals surface area contributed by atoms with Crippen molar-refractivity contribution in [2.24, 2.45) is 5.92 Å². The fourth-order valence-corrected chi connectivity index (χ4v) is 2.29. The highest BCUT2D eigenvalue weighted by molar-refractivity contribution is 5.70. The van der Waals surface area contributed by atoms with Crippen molar-refractivity contribution in [3.8, 4) is 0 Å². The van der Waals surface area contributed by atoms with Gasteiger partial charge in [-0.05, 0) is 50.2 Å². The van der Waals surface area contributed by atoms with Crippen LogP contribution in [0.2, 0.25) is 0 Å². The Morgan fingerprint density at radius 1 is 1.20 bits per heavy atom. The molecule has 1 aromatic rings. The van der Waals surface area contributed by atoms with Gasteiger partial charge in [-0.25, -0.2) is 0 Å². The lowest BCUT2D eigenvalue weighted by atomic mass is 10.1. The summed E-state index contributed by atoms with van der Waals surface area (Å²) in [6, 6.07) is 0. The van der Waals surface area contributed by atoms with Crippen LogP contribution < -0.4 is 0 Å². The fraction of sp³-hybridized carbons (Fsp3) is 0.600. The first-order valence-electron chi connectivity index (χ1n) is 6.95. The van der Waals surface area contributed by atoms with E-state index in [2.05, 4.69) is 11.9 Å². The summed E-state index contributed by atoms with van der Waals surface area (Å²) in [4.78, 5) is 23.5. The van der Waals surface area contributed by atoms with Crippen molar-refractivity contribution in [2.75, 3.05) is 0 Å². The van der Waals surface area contributed by atoms with Crippen molar-refractivity contribution in [1.82, 2.24) is 4.98 Å². The van der Waals surface area contributed by atoms with Crippen LogP contribution in [0.3, 0.4) is 0 Å². The molecule has 1 saturated carbocycles. The predicted molar refractivity (Wildman–Crippen MR) is 76.0 cm³/mol. The van der Waals surface area contributed by atoms with E-state index in [1.807, 2.05) is 13.8 Å². The van der Waals surface area contributed by atoms with Crippen LogP contribution in [-0.4, -0.2) is 27.1 Å². The van der Waals surface area contributed by atoms with Crippen LogP contribution in [0.25, 0.3) is 0 Å². The molecule has 1 aliphatic carbocycles. The summed E-state index contributed by atoms with van der Waals surface area (Å²) >= 11 is 0. The number of aliphatic carboxylic acids is 2. The molecule has 1 aromatic heterocycles. The molecule has 1 heterocycles. The van der Waals surface area contributed by atoms with E-state index in [0.29, 0.717) is 12.3 Å². The smallest absolute Gasteiger partial charge is 0.309 e. The minimum absolute atomic E-state index is 0.0900. The molecule has 0 aliphatic heterocycles. The molecule has 0 spiro atoms. The SMILES string of the molecule is CCc1c(C)[nH]c(CC(=O)O)c1C.O=C(O)CC1CC1. The molecular weight excluding hydrogens is 258 g/mol. The van der Waals surface area contributed by atoms with Crippen LogP contribution in [-0.2, 0) is 22.4 Å². The Morgan fingerprint density at radius 2 is 1.80 bits per heavy atom. The van der Waals surface area contributed by atoms with Gasteiger partial charge in [0.15, 0.2) is 0 Å². The van der Waals surface area contributed by atoms with Gasteiger partial charge in [0.1, 0.15) is 0 Å². The van der Waals surface area contributed by atoms with Crippen molar-refractivity contribution < 1.29 is 19.8 Å². The Morgan fingerprint density at radius 3 is 2.10 bits per heavy atom. The van der Waals surface area contributed by atoms with Gasteiger partial charge in [0, 0.05) is 17.8 Å². The van der Waals surface area contributed by atoms with Crippen LogP contribution in [0, 0.1) is 19.8 Å². The van der Waals surface area contributed by atoms with Gasteiger partial charge in [-0.3, -0.25) is 9.59 Å². The van der Waals surface area contributed by atoms with Crippen LogP contribution in [0.15, 0.2) is 0 Å². The van der Waals surface area contributed by atoms with Gasteiger partial charge in [-0.15, -0.1) is 0 Å². The number of rotatable bonds is 5. The summed E-state index contributed by atoms with van der Waals surface area (Å²) in [7, 11) is 0. The summed E-state index contributed by atoms with van der Waals surface area (Å²) < 4.78 is 0. The van der Waals surface area contributed by atoms with E-state index in [0.717, 1.165) is 36.2 Å². The van der Waals surface area contributed by atoms with Crippen LogP contribution in [0.1, 0.15) is 48.7 Å². The molecular formula is C15H23NO4. The summed E-state index contributed by atoms with van der Waals surface area (Å²) in [6.45, 7) is 6.03. The van der Waals surface area contributed by atoms with Crippen LogP contribution in [0.5, 0.6) is 0 Å². The zero-order valence-electron chi connectivity index (χ0n) is 12.3. The van der Waals surface area contributed by atoms with E-state index in [1.165, 1.54) is 5.56 Å². The average Bonchev–Trinajstić information content (AvgIpc) is 3.07. The van der Waals surface area contributed by atoms with Gasteiger partial charge in [-0.1, -0.05) is 6.92 Å². The molecule has 2 rings (SSSR count). The van der Waals surface area contributed by atoms with E-state index in [4.69, 9.17) is 10.2 Å². The number of H-pyrrole nitrogens is 1. The third kappa shape index (κ3) is 5.07. The number of aryl methyl sites for hydroxylation is 1. The first-order chi connectivity index (χ1) is 9.35. The molecule has 112 valence electrons. The van der Waals surface area contributed by atoms with E-state index in [1.54, 1.807) is 0 Å². The van der Waals surface area contributed by atoms with Crippen LogP contribution >= 0.6 is 0 Å². The zero-order valence-corrected chi connectivity index (χ0v) is 12.3. The first-order valence-corrected chi connectivity index (χ1v) is 6.95. The number of carbonyl (C=O) groups is 2. The molecule has 1 aliphatic rings. The molecule has 5 nitrogen and oxygen atoms in total. The molecule has 0 bridgehead atoms. The highest BCUT2D eigenvalue weighted by Gasteiger charge is 2.23. The number of hydrogen-bond donors (Lipinski definition) is 3. The van der Waals surface area contributed by atoms with Gasteiger partial charge in [0.2, 0.25) is 0 Å². The monoisotopic (exact) mass is 281 g/mol. The van der Waals surface area contributed by atoms with Crippen molar-refractivity contribution in [3.05, 3.63) is 22.5 Å². The average molecular weight is 281 g/mol. The topological polar surface area (TPSA) is 90.4 Å². The van der Waals surface area contributed by atoms with Gasteiger partial charge >= 0.3 is 11.9 Å². The second-order valence-electron chi connectivity index (χ2n) is 5.30. The van der Waals surface area contributed by atoms with Crippen molar-refractivity contribution >= 4 is 11.9 Å². The molecule has 3 N–H and O–H groups in total. The standard InChI is InChI=1S/C10H15NO2.C5H8O2/c1-4-8-6(2)9(5-10(12)13)11-7(8)3;6-5(7)3-4-1-2-4/h11H,4-5H2,1-3H3,(H,12,13);4H,1-3H2,(H,6,7). The molecule has 20 heavy (non-hydrogen) atoms. The second-order valence-corrected chi connectivity index (χ2v) is 5.30. The van der Waals surface area contributed by atoms with Crippen LogP contribution in [0.4, 0.5) is 0 Å². The maximum absolute atomic E-state index is 10.5. The van der Waals surface area contributed by atoms with Gasteiger partial charge in [0.25, 0.3) is 0 Å². The van der Waals surface area contributed by atoms with Crippen molar-refractivity contribution in [1.29, 1.82) is 0 Å². The minimum Gasteiger partial charge on any atom is -0.481 e. The quantitative estimate of drug-likeness (QED) is 0.774. The zero-order chi connectivity index (χ0) is 15.3. The van der Waals surface area contributed by atoms with E-state index >= 15 is 0 Å². The first kappa shape index (κ1) is 16.3. The van der Waals surface area contributed by atoms with E-state index in [9.17, 15) is 9.59 Å². The summed E-state index contributed by atoms with van der Waals surface area (Å²) in [5, 5.41) is 16.8. The summed E-state index contributed by atoms with van der Waals surface area (Å²) in [6.07, 6.45) is 3.69. The Kier molecular flexibility index (Phi) is 5.80. The number of nitrogens with one attached hydrogen (secondary N) is 1. The Bertz CT molecular complexity index is 486. The van der Waals surface area contributed by atoms with Crippen molar-refractivity contribution in [3.63, 3.8) is 0 Å². The molecule has 5 heteroatoms. The molecule has 0 atom stereocenters. The number of aromatic nitrogens is 1. The van der Waals surface area contributed by atoms with E-state index in [-0.39, 0.29) is 6.42 Å². The third-order valence-electron chi connectivity index (χ3n) is 3.54. The lowest BCUT2D eigenvalue weighted by Gasteiger charge is -1.96. The Balaban J connectivity index is 0.000000240. The van der Waals surface area contributed by atoms with Crippen molar-refractivity contribution in [2.45, 2.75) is 52.9 Å². The molecule has 1 fully saturated rings. The predicted octanol–water partition coefficient (Wildman–Crippen LogP) is 2.69. The number of carboxylic acids is 2. The number of aromatic amines is 1. The minimum atomic E-state index is -0.785. The molecule has 0 saturated heterocycles. The second kappa shape index (κ2) is 7.12. The third-order valence-corrected chi connectivity index (χ3v) is 3.54. The molecule has 0 unspecified atom stereocenters. The lowest BCUT2D eigenvalue weighted by molar-refractivity contribution is -0.138. The van der Waals surface area contributed by atoms with Gasteiger partial charge in [-0.2, -0.15) is 0 Å². The maximum Gasteiger partial charge on any atom is 0.309 e. The Labute approximate surface area is 119 Å². The highest BCUT2D eigenvalue weighted by atomic mass is 16.4. The van der Waals surface area contributed by atoms with Gasteiger partial charge in [0.05, 0.1) is 6.42 Å². The van der Waals surface area contributed by atoms with E-state index < -0.39 is 11.9 Å². The fourth-order valence-electron chi connectivity index (χ4n) is 2.29. The largest absolute Gasteiger partial charge is 0.481 e.